The molecule has 3 N–H and O–H groups in total. The van der Waals surface area contributed by atoms with E-state index in [0.717, 1.165) is 6.07 Å². The first-order valence-corrected chi connectivity index (χ1v) is 9.59. The highest BCUT2D eigenvalue weighted by atomic mass is 19.4. The highest BCUT2D eigenvalue weighted by Gasteiger charge is 2.39. The number of halogens is 3. The van der Waals surface area contributed by atoms with Gasteiger partial charge >= 0.3 is 6.18 Å². The van der Waals surface area contributed by atoms with Crippen LogP contribution in [0.3, 0.4) is 0 Å². The van der Waals surface area contributed by atoms with E-state index < -0.39 is 23.6 Å². The van der Waals surface area contributed by atoms with Crippen LogP contribution in [0.4, 0.5) is 13.2 Å². The van der Waals surface area contributed by atoms with Crippen molar-refractivity contribution in [3.05, 3.63) is 52.8 Å². The Labute approximate surface area is 169 Å². The number of rotatable bonds is 4. The van der Waals surface area contributed by atoms with Crippen LogP contribution in [0.15, 0.2) is 28.8 Å². The molecule has 0 unspecified atom stereocenters. The number of H-pyrrole nitrogens is 1. The smallest absolute Gasteiger partial charge is 0.416 e. The Kier molecular flexibility index (Phi) is 5.08. The molecule has 2 aromatic heterocycles. The highest BCUT2D eigenvalue weighted by molar-refractivity contribution is 5.95. The van der Waals surface area contributed by atoms with Gasteiger partial charge in [-0.15, -0.1) is 10.2 Å². The lowest BCUT2D eigenvalue weighted by Gasteiger charge is -2.30. The molecular formula is C20H20F3N5O2. The Morgan fingerprint density at radius 3 is 2.67 bits per heavy atom. The van der Waals surface area contributed by atoms with E-state index in [2.05, 4.69) is 20.2 Å². The van der Waals surface area contributed by atoms with Crippen LogP contribution < -0.4 is 5.73 Å². The van der Waals surface area contributed by atoms with Crippen molar-refractivity contribution in [2.24, 2.45) is 5.73 Å². The molecular weight excluding hydrogens is 399 g/mol. The fourth-order valence-electron chi connectivity index (χ4n) is 4.18. The first-order chi connectivity index (χ1) is 14.2. The zero-order valence-corrected chi connectivity index (χ0v) is 16.2. The molecule has 1 aliphatic rings. The summed E-state index contributed by atoms with van der Waals surface area (Å²) in [5.41, 5.74) is 5.03. The van der Waals surface area contributed by atoms with E-state index in [1.54, 1.807) is 13.1 Å². The summed E-state index contributed by atoms with van der Waals surface area (Å²) in [6.07, 6.45) is -0.749. The topological polar surface area (TPSA) is 111 Å². The minimum absolute atomic E-state index is 0.0360. The molecule has 158 valence electrons. The number of aromatic amines is 1. The molecule has 4 rings (SSSR count). The van der Waals surface area contributed by atoms with Crippen LogP contribution in [0.25, 0.3) is 11.6 Å². The van der Waals surface area contributed by atoms with E-state index in [4.69, 9.17) is 10.2 Å². The number of primary amides is 1. The number of nitrogens with zero attached hydrogens (tertiary/aromatic N) is 3. The lowest BCUT2D eigenvalue weighted by atomic mass is 9.75. The number of hydrogen-bond acceptors (Lipinski definition) is 5. The molecule has 1 amide bonds. The Morgan fingerprint density at radius 1 is 1.23 bits per heavy atom. The molecule has 30 heavy (non-hydrogen) atoms. The number of aromatic nitrogens is 4. The van der Waals surface area contributed by atoms with Crippen molar-refractivity contribution in [3.8, 4) is 11.6 Å². The number of nitrogens with one attached hydrogen (secondary N) is 1. The summed E-state index contributed by atoms with van der Waals surface area (Å²) in [6.45, 7) is 1.79. The van der Waals surface area contributed by atoms with Crippen molar-refractivity contribution in [3.63, 3.8) is 0 Å². The molecule has 1 aromatic carbocycles. The lowest BCUT2D eigenvalue weighted by Crippen LogP contribution is -2.23. The molecule has 3 aromatic rings. The third-order valence-corrected chi connectivity index (χ3v) is 5.48. The Bertz CT molecular complexity index is 1070. The van der Waals surface area contributed by atoms with E-state index in [0.29, 0.717) is 43.1 Å². The summed E-state index contributed by atoms with van der Waals surface area (Å²) >= 11 is 0. The molecule has 2 atom stereocenters. The zero-order chi connectivity index (χ0) is 21.5. The number of imidazole rings is 1. The van der Waals surface area contributed by atoms with Crippen molar-refractivity contribution in [1.29, 1.82) is 0 Å². The fraction of sp³-hybridized carbons (Fsp3) is 0.400. The van der Waals surface area contributed by atoms with Crippen molar-refractivity contribution < 1.29 is 22.4 Å². The van der Waals surface area contributed by atoms with Gasteiger partial charge in [-0.2, -0.15) is 13.2 Å². The maximum absolute atomic E-state index is 13.7. The largest absolute Gasteiger partial charge is 0.419 e. The van der Waals surface area contributed by atoms with Gasteiger partial charge in [0.2, 0.25) is 11.8 Å². The van der Waals surface area contributed by atoms with Crippen LogP contribution >= 0.6 is 0 Å². The quantitative estimate of drug-likeness (QED) is 0.654. The van der Waals surface area contributed by atoms with E-state index in [9.17, 15) is 18.0 Å². The highest BCUT2D eigenvalue weighted by Crippen LogP contribution is 2.46. The number of aryl methyl sites for hydroxylation is 1. The second-order valence-corrected chi connectivity index (χ2v) is 7.52. The standard InChI is InChI=1S/C20H20F3N5O2/c1-10-25-9-15(26-10)19-28-27-18(30-19)12-5-2-4-11(8-12)16-13(17(24)29)6-3-7-14(16)20(21,22)23/h3,6-7,9,11-12H,2,4-5,8H2,1H3,(H2,24,29)(H,25,26)/t11-,12+/m1/s1. The first kappa shape index (κ1) is 20.1. The summed E-state index contributed by atoms with van der Waals surface area (Å²) in [5.74, 6) is -0.226. The summed E-state index contributed by atoms with van der Waals surface area (Å²) in [4.78, 5) is 19.0. The number of alkyl halides is 3. The van der Waals surface area contributed by atoms with Crippen LogP contribution in [0.2, 0.25) is 0 Å². The van der Waals surface area contributed by atoms with Crippen LogP contribution in [0.5, 0.6) is 0 Å². The summed E-state index contributed by atoms with van der Waals surface area (Å²) in [7, 11) is 0. The Hall–Kier alpha value is -3.17. The number of hydrogen-bond donors (Lipinski definition) is 2. The zero-order valence-electron chi connectivity index (χ0n) is 16.2. The molecule has 0 saturated heterocycles. The average molecular weight is 419 g/mol. The average Bonchev–Trinajstić information content (AvgIpc) is 3.36. The van der Waals surface area contributed by atoms with Gasteiger partial charge in [0.15, 0.2) is 0 Å². The minimum Gasteiger partial charge on any atom is -0.419 e. The van der Waals surface area contributed by atoms with Gasteiger partial charge in [-0.25, -0.2) is 4.98 Å². The second-order valence-electron chi connectivity index (χ2n) is 7.52. The predicted molar refractivity (Wildman–Crippen MR) is 101 cm³/mol. The van der Waals surface area contributed by atoms with Gasteiger partial charge < -0.3 is 15.1 Å². The lowest BCUT2D eigenvalue weighted by molar-refractivity contribution is -0.138. The van der Waals surface area contributed by atoms with E-state index >= 15 is 0 Å². The molecule has 0 radical (unpaired) electrons. The molecule has 7 nitrogen and oxygen atoms in total. The second kappa shape index (κ2) is 7.58. The summed E-state index contributed by atoms with van der Waals surface area (Å²) < 4.78 is 46.7. The molecule has 2 heterocycles. The van der Waals surface area contributed by atoms with Crippen molar-refractivity contribution in [2.75, 3.05) is 0 Å². The van der Waals surface area contributed by atoms with Gasteiger partial charge in [-0.1, -0.05) is 12.5 Å². The van der Waals surface area contributed by atoms with Crippen LogP contribution in [0, 0.1) is 6.92 Å². The Balaban J connectivity index is 1.65. The molecule has 0 aliphatic heterocycles. The number of benzene rings is 1. The molecule has 1 aliphatic carbocycles. The maximum Gasteiger partial charge on any atom is 0.416 e. The van der Waals surface area contributed by atoms with Crippen molar-refractivity contribution in [2.45, 2.75) is 50.6 Å². The summed E-state index contributed by atoms with van der Waals surface area (Å²) in [6, 6.07) is 3.56. The van der Waals surface area contributed by atoms with Crippen LogP contribution in [0.1, 0.15) is 70.7 Å². The maximum atomic E-state index is 13.7. The van der Waals surface area contributed by atoms with E-state index in [1.807, 2.05) is 0 Å². The third kappa shape index (κ3) is 3.81. The van der Waals surface area contributed by atoms with Crippen molar-refractivity contribution in [1.82, 2.24) is 20.2 Å². The van der Waals surface area contributed by atoms with E-state index in [1.165, 1.54) is 12.1 Å². The first-order valence-electron chi connectivity index (χ1n) is 9.59. The molecule has 1 fully saturated rings. The molecule has 0 spiro atoms. The van der Waals surface area contributed by atoms with Crippen LogP contribution in [-0.2, 0) is 6.18 Å². The van der Waals surface area contributed by atoms with Gasteiger partial charge in [0, 0.05) is 11.5 Å². The van der Waals surface area contributed by atoms with Crippen LogP contribution in [-0.4, -0.2) is 26.1 Å². The molecule has 1 saturated carbocycles. The number of carbonyl (C=O) groups excluding carboxylic acids is 1. The molecule has 10 heteroatoms. The number of carbonyl (C=O) groups is 1. The molecule has 0 bridgehead atoms. The Morgan fingerprint density at radius 2 is 2.00 bits per heavy atom. The monoisotopic (exact) mass is 419 g/mol. The van der Waals surface area contributed by atoms with Gasteiger partial charge in [-0.05, 0) is 49.8 Å². The predicted octanol–water partition coefficient (Wildman–Crippen LogP) is 4.33. The van der Waals surface area contributed by atoms with Gasteiger partial charge in [0.1, 0.15) is 11.5 Å². The van der Waals surface area contributed by atoms with Gasteiger partial charge in [0.05, 0.1) is 11.8 Å². The van der Waals surface area contributed by atoms with Gasteiger partial charge in [-0.3, -0.25) is 4.79 Å². The summed E-state index contributed by atoms with van der Waals surface area (Å²) in [5, 5.41) is 8.14. The fourth-order valence-corrected chi connectivity index (χ4v) is 4.18. The third-order valence-electron chi connectivity index (χ3n) is 5.48. The number of nitrogens with two attached hydrogens (primary N) is 1. The SMILES string of the molecule is Cc1ncc(-c2nnc([C@H]3CCC[C@@H](c4c(C(N)=O)cccc4C(F)(F)F)C3)o2)[nH]1. The number of amides is 1. The minimum atomic E-state index is -4.58. The van der Waals surface area contributed by atoms with Gasteiger partial charge in [0.25, 0.3) is 5.89 Å². The van der Waals surface area contributed by atoms with E-state index in [-0.39, 0.29) is 22.9 Å². The normalized spacial score (nSPS) is 19.7. The van der Waals surface area contributed by atoms with Crippen molar-refractivity contribution >= 4 is 5.91 Å².